The molecule has 1 heterocycles. The molecule has 0 unspecified atom stereocenters. The van der Waals surface area contributed by atoms with Gasteiger partial charge < -0.3 is 14.6 Å². The smallest absolute Gasteiger partial charge is 0.251 e. The van der Waals surface area contributed by atoms with Gasteiger partial charge in [0.05, 0.1) is 12.4 Å². The molecular formula is C19H17FIN3O2. The topological polar surface area (TPSA) is 56.1 Å². The van der Waals surface area contributed by atoms with E-state index in [2.05, 4.69) is 32.9 Å². The minimum absolute atomic E-state index is 0.172. The Kier molecular flexibility index (Phi) is 6.21. The van der Waals surface area contributed by atoms with E-state index in [0.29, 0.717) is 17.9 Å². The van der Waals surface area contributed by atoms with Gasteiger partial charge in [0.25, 0.3) is 5.91 Å². The van der Waals surface area contributed by atoms with Crippen molar-refractivity contribution in [3.05, 3.63) is 82.2 Å². The summed E-state index contributed by atoms with van der Waals surface area (Å²) in [4.78, 5) is 16.5. The van der Waals surface area contributed by atoms with E-state index in [0.717, 1.165) is 3.57 Å². The molecule has 7 heteroatoms. The van der Waals surface area contributed by atoms with Crippen LogP contribution in [0.25, 0.3) is 0 Å². The molecule has 3 rings (SSSR count). The molecule has 1 N–H and O–H groups in total. The molecule has 26 heavy (non-hydrogen) atoms. The fourth-order valence-electron chi connectivity index (χ4n) is 2.39. The second-order valence-electron chi connectivity index (χ2n) is 5.70. The van der Waals surface area contributed by atoms with E-state index in [1.807, 2.05) is 22.9 Å². The highest BCUT2D eigenvalue weighted by atomic mass is 127. The normalized spacial score (nSPS) is 11.8. The lowest BCUT2D eigenvalue weighted by Gasteiger charge is -2.20. The Balaban J connectivity index is 1.66. The van der Waals surface area contributed by atoms with Crippen LogP contribution in [0.5, 0.6) is 5.75 Å². The molecule has 0 radical (unpaired) electrons. The van der Waals surface area contributed by atoms with Crippen molar-refractivity contribution in [3.8, 4) is 5.75 Å². The van der Waals surface area contributed by atoms with Crippen LogP contribution in [0, 0.1) is 9.39 Å². The van der Waals surface area contributed by atoms with Gasteiger partial charge >= 0.3 is 0 Å². The largest absolute Gasteiger partial charge is 0.491 e. The molecule has 0 aliphatic carbocycles. The molecule has 1 aromatic heterocycles. The van der Waals surface area contributed by atoms with Crippen molar-refractivity contribution >= 4 is 28.5 Å². The zero-order valence-electron chi connectivity index (χ0n) is 13.8. The van der Waals surface area contributed by atoms with E-state index in [4.69, 9.17) is 4.74 Å². The van der Waals surface area contributed by atoms with E-state index in [9.17, 15) is 9.18 Å². The molecule has 0 saturated heterocycles. The molecule has 5 nitrogen and oxygen atoms in total. The van der Waals surface area contributed by atoms with Gasteiger partial charge in [-0.05, 0) is 71.1 Å². The Bertz CT molecular complexity index is 836. The highest BCUT2D eigenvalue weighted by molar-refractivity contribution is 14.1. The number of nitrogens with one attached hydrogen (secondary N) is 1. The lowest BCUT2D eigenvalue weighted by atomic mass is 10.2. The lowest BCUT2D eigenvalue weighted by Crippen LogP contribution is -2.42. The number of carbonyl (C=O) groups is 1. The zero-order chi connectivity index (χ0) is 18.4. The maximum absolute atomic E-state index is 13.0. The van der Waals surface area contributed by atoms with E-state index < -0.39 is 0 Å². The van der Waals surface area contributed by atoms with E-state index in [1.54, 1.807) is 36.8 Å². The van der Waals surface area contributed by atoms with Gasteiger partial charge in [-0.1, -0.05) is 0 Å². The lowest BCUT2D eigenvalue weighted by molar-refractivity contribution is 0.0915. The van der Waals surface area contributed by atoms with Gasteiger partial charge in [-0.15, -0.1) is 0 Å². The second kappa shape index (κ2) is 8.79. The Labute approximate surface area is 164 Å². The third-order valence-electron chi connectivity index (χ3n) is 3.70. The third kappa shape index (κ3) is 5.29. The van der Waals surface area contributed by atoms with Crippen LogP contribution in [-0.4, -0.2) is 28.1 Å². The summed E-state index contributed by atoms with van der Waals surface area (Å²) < 4.78 is 21.6. The van der Waals surface area contributed by atoms with Gasteiger partial charge in [0.1, 0.15) is 18.2 Å². The minimum Gasteiger partial charge on any atom is -0.491 e. The van der Waals surface area contributed by atoms with Crippen LogP contribution in [0.2, 0.25) is 0 Å². The summed E-state index contributed by atoms with van der Waals surface area (Å²) in [6.45, 7) is 0.761. The van der Waals surface area contributed by atoms with Crippen LogP contribution in [0.4, 0.5) is 4.39 Å². The molecule has 1 atom stereocenters. The van der Waals surface area contributed by atoms with Crippen LogP contribution in [0.1, 0.15) is 10.4 Å². The number of carbonyl (C=O) groups excluding carboxylic acids is 1. The van der Waals surface area contributed by atoms with E-state index in [-0.39, 0.29) is 24.4 Å². The first kappa shape index (κ1) is 18.4. The van der Waals surface area contributed by atoms with Crippen LogP contribution in [0.3, 0.4) is 0 Å². The van der Waals surface area contributed by atoms with Crippen molar-refractivity contribution in [2.75, 3.05) is 6.61 Å². The number of hydrogen-bond acceptors (Lipinski definition) is 3. The molecule has 0 fully saturated rings. The predicted molar refractivity (Wildman–Crippen MR) is 105 cm³/mol. The molecule has 0 bridgehead atoms. The number of ether oxygens (including phenoxy) is 1. The van der Waals surface area contributed by atoms with Crippen LogP contribution >= 0.6 is 22.6 Å². The minimum atomic E-state index is -0.320. The average Bonchev–Trinajstić information content (AvgIpc) is 3.14. The van der Waals surface area contributed by atoms with Gasteiger partial charge in [0.15, 0.2) is 0 Å². The quantitative estimate of drug-likeness (QED) is 0.544. The summed E-state index contributed by atoms with van der Waals surface area (Å²) in [6.07, 6.45) is 5.18. The number of rotatable bonds is 7. The van der Waals surface area contributed by atoms with Gasteiger partial charge in [-0.25, -0.2) is 9.37 Å². The van der Waals surface area contributed by atoms with Crippen molar-refractivity contribution in [2.45, 2.75) is 12.6 Å². The molecule has 0 aliphatic rings. The molecular weight excluding hydrogens is 448 g/mol. The van der Waals surface area contributed by atoms with Crippen molar-refractivity contribution in [1.29, 1.82) is 0 Å². The molecule has 134 valence electrons. The van der Waals surface area contributed by atoms with Gasteiger partial charge in [-0.2, -0.15) is 0 Å². The molecule has 0 aliphatic heterocycles. The fraction of sp³-hybridized carbons (Fsp3) is 0.158. The second-order valence-corrected chi connectivity index (χ2v) is 6.95. The maximum atomic E-state index is 13.0. The number of halogens is 2. The first-order valence-electron chi connectivity index (χ1n) is 8.01. The number of nitrogens with zero attached hydrogens (tertiary/aromatic N) is 2. The average molecular weight is 465 g/mol. The molecule has 0 spiro atoms. The van der Waals surface area contributed by atoms with Crippen LogP contribution in [0.15, 0.2) is 67.3 Å². The summed E-state index contributed by atoms with van der Waals surface area (Å²) in [5, 5.41) is 2.98. The predicted octanol–water partition coefficient (Wildman–Crippen LogP) is 3.50. The summed E-state index contributed by atoms with van der Waals surface area (Å²) in [6, 6.07) is 12.9. The Morgan fingerprint density at radius 1 is 1.19 bits per heavy atom. The molecule has 3 aromatic rings. The number of hydrogen-bond donors (Lipinski definition) is 1. The van der Waals surface area contributed by atoms with Crippen LogP contribution in [-0.2, 0) is 6.54 Å². The number of imidazole rings is 1. The summed E-state index contributed by atoms with van der Waals surface area (Å²) in [7, 11) is 0. The van der Waals surface area contributed by atoms with Crippen LogP contribution < -0.4 is 10.1 Å². The highest BCUT2D eigenvalue weighted by Crippen LogP contribution is 2.12. The Morgan fingerprint density at radius 3 is 2.58 bits per heavy atom. The standard InChI is InChI=1S/C19H17FIN3O2/c20-15-3-7-18(8-4-15)26-12-17(11-24-10-9-22-13-24)23-19(25)14-1-5-16(21)6-2-14/h1-10,13,17H,11-12H2,(H,23,25)/t17-/m1/s1. The highest BCUT2D eigenvalue weighted by Gasteiger charge is 2.15. The number of benzene rings is 2. The van der Waals surface area contributed by atoms with Crippen molar-refractivity contribution in [1.82, 2.24) is 14.9 Å². The first-order chi connectivity index (χ1) is 12.6. The summed E-state index contributed by atoms with van der Waals surface area (Å²) in [5.74, 6) is 0.0547. The SMILES string of the molecule is O=C(N[C@@H](COc1ccc(F)cc1)Cn1ccnc1)c1ccc(I)cc1. The van der Waals surface area contributed by atoms with Crippen molar-refractivity contribution in [3.63, 3.8) is 0 Å². The fourth-order valence-corrected chi connectivity index (χ4v) is 2.75. The third-order valence-corrected chi connectivity index (χ3v) is 4.42. The first-order valence-corrected chi connectivity index (χ1v) is 9.08. The van der Waals surface area contributed by atoms with Gasteiger partial charge in [0, 0.05) is 28.1 Å². The van der Waals surface area contributed by atoms with Gasteiger partial charge in [0.2, 0.25) is 0 Å². The molecule has 1 amide bonds. The number of aromatic nitrogens is 2. The maximum Gasteiger partial charge on any atom is 0.251 e. The Morgan fingerprint density at radius 2 is 1.92 bits per heavy atom. The molecule has 0 saturated carbocycles. The van der Waals surface area contributed by atoms with E-state index in [1.165, 1.54) is 12.1 Å². The summed E-state index contributed by atoms with van der Waals surface area (Å²) in [5.41, 5.74) is 0.586. The zero-order valence-corrected chi connectivity index (χ0v) is 16.0. The Hall–Kier alpha value is -2.42. The molecule has 2 aromatic carbocycles. The number of amides is 1. The van der Waals surface area contributed by atoms with E-state index >= 15 is 0 Å². The van der Waals surface area contributed by atoms with Gasteiger partial charge in [-0.3, -0.25) is 4.79 Å². The van der Waals surface area contributed by atoms with Crippen molar-refractivity contribution < 1.29 is 13.9 Å². The summed E-state index contributed by atoms with van der Waals surface area (Å²) >= 11 is 2.19. The monoisotopic (exact) mass is 465 g/mol. The van der Waals surface area contributed by atoms with Crippen molar-refractivity contribution in [2.24, 2.45) is 0 Å².